The average molecular weight is 380 g/mol. The van der Waals surface area contributed by atoms with E-state index in [4.69, 9.17) is 11.6 Å². The molecule has 0 amide bonds. The van der Waals surface area contributed by atoms with E-state index in [1.54, 1.807) is 6.07 Å². The van der Waals surface area contributed by atoms with Gasteiger partial charge in [-0.3, -0.25) is 0 Å². The van der Waals surface area contributed by atoms with Crippen LogP contribution in [0.3, 0.4) is 0 Å². The Morgan fingerprint density at radius 3 is 2.39 bits per heavy atom. The predicted octanol–water partition coefficient (Wildman–Crippen LogP) is 4.83. The van der Waals surface area contributed by atoms with Crippen LogP contribution in [0.1, 0.15) is 5.56 Å². The second-order valence-corrected chi connectivity index (χ2v) is 5.41. The summed E-state index contributed by atoms with van der Waals surface area (Å²) in [4.78, 5) is 0. The van der Waals surface area contributed by atoms with E-state index in [9.17, 15) is 8.78 Å². The fourth-order valence-corrected chi connectivity index (χ4v) is 2.22. The largest absolute Gasteiger partial charge is 0.380 e. The third kappa shape index (κ3) is 3.55. The van der Waals surface area contributed by atoms with Gasteiger partial charge in [0.25, 0.3) is 0 Å². The lowest BCUT2D eigenvalue weighted by atomic mass is 10.2. The quantitative estimate of drug-likeness (QED) is 0.753. The van der Waals surface area contributed by atoms with Gasteiger partial charge in [0.2, 0.25) is 0 Å². The molecule has 18 heavy (non-hydrogen) atoms. The summed E-state index contributed by atoms with van der Waals surface area (Å²) in [7, 11) is 0. The van der Waals surface area contributed by atoms with Crippen LogP contribution in [-0.4, -0.2) is 0 Å². The Balaban J connectivity index is 2.13. The fraction of sp³-hybridized carbons (Fsp3) is 0.0769. The number of hydrogen-bond acceptors (Lipinski definition) is 1. The van der Waals surface area contributed by atoms with E-state index in [1.807, 2.05) is 12.1 Å². The third-order valence-electron chi connectivity index (χ3n) is 2.33. The van der Waals surface area contributed by atoms with Crippen LogP contribution in [0.25, 0.3) is 0 Å². The molecule has 1 N–H and O–H groups in total. The van der Waals surface area contributed by atoms with Gasteiger partial charge in [-0.25, -0.2) is 8.78 Å². The van der Waals surface area contributed by atoms with Crippen molar-refractivity contribution >= 4 is 39.9 Å². The molecule has 2 rings (SSSR count). The first-order valence-electron chi connectivity index (χ1n) is 5.18. The maximum absolute atomic E-state index is 13.0. The molecule has 1 nitrogen and oxygen atoms in total. The zero-order chi connectivity index (χ0) is 13.1. The molecule has 0 bridgehead atoms. The van der Waals surface area contributed by atoms with Gasteiger partial charge < -0.3 is 5.32 Å². The standard InChI is InChI=1S/C13H9ClF2IN/c14-12-2-1-11(17)6-13(12)18-7-8-3-9(15)5-10(16)4-8/h1-6,18H,7H2. The van der Waals surface area contributed by atoms with Gasteiger partial charge in [-0.1, -0.05) is 11.6 Å². The third-order valence-corrected chi connectivity index (χ3v) is 3.33. The first-order valence-corrected chi connectivity index (χ1v) is 6.64. The predicted molar refractivity (Wildman–Crippen MR) is 77.9 cm³/mol. The lowest BCUT2D eigenvalue weighted by Gasteiger charge is -2.09. The SMILES string of the molecule is Fc1cc(F)cc(CNc2cc(I)ccc2Cl)c1. The van der Waals surface area contributed by atoms with Crippen molar-refractivity contribution in [3.05, 3.63) is 62.2 Å². The summed E-state index contributed by atoms with van der Waals surface area (Å²) in [6.07, 6.45) is 0. The van der Waals surface area contributed by atoms with E-state index in [-0.39, 0.29) is 0 Å². The molecule has 0 aliphatic heterocycles. The van der Waals surface area contributed by atoms with Crippen LogP contribution < -0.4 is 5.32 Å². The molecule has 0 aliphatic rings. The van der Waals surface area contributed by atoms with Crippen LogP contribution in [0.15, 0.2) is 36.4 Å². The lowest BCUT2D eigenvalue weighted by molar-refractivity contribution is 0.580. The number of anilines is 1. The van der Waals surface area contributed by atoms with Crippen LogP contribution in [-0.2, 0) is 6.54 Å². The highest BCUT2D eigenvalue weighted by Crippen LogP contribution is 2.24. The van der Waals surface area contributed by atoms with E-state index >= 15 is 0 Å². The molecule has 0 radical (unpaired) electrons. The highest BCUT2D eigenvalue weighted by molar-refractivity contribution is 14.1. The van der Waals surface area contributed by atoms with Crippen LogP contribution in [0.2, 0.25) is 5.02 Å². The topological polar surface area (TPSA) is 12.0 Å². The summed E-state index contributed by atoms with van der Waals surface area (Å²) in [6.45, 7) is 0.314. The van der Waals surface area contributed by atoms with Gasteiger partial charge in [-0.05, 0) is 58.5 Å². The number of rotatable bonds is 3. The maximum atomic E-state index is 13.0. The summed E-state index contributed by atoms with van der Waals surface area (Å²) < 4.78 is 27.0. The smallest absolute Gasteiger partial charge is 0.126 e. The molecular formula is C13H9ClF2IN. The van der Waals surface area contributed by atoms with Crippen LogP contribution in [0.4, 0.5) is 14.5 Å². The molecule has 0 atom stereocenters. The monoisotopic (exact) mass is 379 g/mol. The summed E-state index contributed by atoms with van der Waals surface area (Å²) in [5.74, 6) is -1.17. The van der Waals surface area contributed by atoms with Crippen LogP contribution in [0, 0.1) is 15.2 Å². The van der Waals surface area contributed by atoms with Gasteiger partial charge >= 0.3 is 0 Å². The Labute approximate surface area is 122 Å². The first-order chi connectivity index (χ1) is 8.54. The van der Waals surface area contributed by atoms with Crippen LogP contribution in [0.5, 0.6) is 0 Å². The highest BCUT2D eigenvalue weighted by atomic mass is 127. The molecule has 0 aromatic heterocycles. The zero-order valence-electron chi connectivity index (χ0n) is 9.18. The molecule has 94 valence electrons. The van der Waals surface area contributed by atoms with E-state index < -0.39 is 11.6 Å². The van der Waals surface area contributed by atoms with E-state index in [0.29, 0.717) is 17.1 Å². The molecule has 0 unspecified atom stereocenters. The minimum Gasteiger partial charge on any atom is -0.380 e. The summed E-state index contributed by atoms with van der Waals surface area (Å²) in [6, 6.07) is 8.96. The molecule has 2 aromatic rings. The number of nitrogens with one attached hydrogen (secondary N) is 1. The summed E-state index contributed by atoms with van der Waals surface area (Å²) >= 11 is 8.18. The molecular weight excluding hydrogens is 371 g/mol. The van der Waals surface area contributed by atoms with Gasteiger partial charge in [0.05, 0.1) is 10.7 Å². The molecule has 0 saturated carbocycles. The second kappa shape index (κ2) is 5.84. The first kappa shape index (κ1) is 13.5. The van der Waals surface area contributed by atoms with Crippen molar-refractivity contribution in [2.75, 3.05) is 5.32 Å². The zero-order valence-corrected chi connectivity index (χ0v) is 12.1. The van der Waals surface area contributed by atoms with Crippen molar-refractivity contribution in [1.82, 2.24) is 0 Å². The number of hydrogen-bond donors (Lipinski definition) is 1. The average Bonchev–Trinajstić information content (AvgIpc) is 2.29. The van der Waals surface area contributed by atoms with Crippen molar-refractivity contribution in [2.24, 2.45) is 0 Å². The van der Waals surface area contributed by atoms with Gasteiger partial charge in [0, 0.05) is 16.2 Å². The minimum absolute atomic E-state index is 0.314. The van der Waals surface area contributed by atoms with Gasteiger partial charge in [-0.2, -0.15) is 0 Å². The molecule has 0 saturated heterocycles. The molecule has 0 spiro atoms. The molecule has 0 fully saturated rings. The van der Waals surface area contributed by atoms with E-state index in [1.165, 1.54) is 12.1 Å². The van der Waals surface area contributed by atoms with Gasteiger partial charge in [-0.15, -0.1) is 0 Å². The minimum atomic E-state index is -0.583. The fourth-order valence-electron chi connectivity index (χ4n) is 1.54. The summed E-state index contributed by atoms with van der Waals surface area (Å²) in [5.41, 5.74) is 1.27. The van der Waals surface area contributed by atoms with Gasteiger partial charge in [0.1, 0.15) is 11.6 Å². The molecule has 5 heteroatoms. The van der Waals surface area contributed by atoms with Crippen molar-refractivity contribution in [3.63, 3.8) is 0 Å². The molecule has 2 aromatic carbocycles. The van der Waals surface area contributed by atoms with Crippen LogP contribution >= 0.6 is 34.2 Å². The normalized spacial score (nSPS) is 10.4. The Kier molecular flexibility index (Phi) is 4.40. The molecule has 0 aliphatic carbocycles. The van der Waals surface area contributed by atoms with Crippen molar-refractivity contribution in [1.29, 1.82) is 0 Å². The van der Waals surface area contributed by atoms with Crippen molar-refractivity contribution in [2.45, 2.75) is 6.54 Å². The Bertz CT molecular complexity index is 555. The van der Waals surface area contributed by atoms with Gasteiger partial charge in [0.15, 0.2) is 0 Å². The van der Waals surface area contributed by atoms with Crippen molar-refractivity contribution in [3.8, 4) is 0 Å². The molecule has 0 heterocycles. The second-order valence-electron chi connectivity index (χ2n) is 3.76. The Hall–Kier alpha value is -0.880. The highest BCUT2D eigenvalue weighted by Gasteiger charge is 2.03. The summed E-state index contributed by atoms with van der Waals surface area (Å²) in [5, 5.41) is 3.63. The van der Waals surface area contributed by atoms with E-state index in [2.05, 4.69) is 27.9 Å². The maximum Gasteiger partial charge on any atom is 0.126 e. The number of halogens is 4. The van der Waals surface area contributed by atoms with Crippen molar-refractivity contribution < 1.29 is 8.78 Å². The Morgan fingerprint density at radius 1 is 1.06 bits per heavy atom. The Morgan fingerprint density at radius 2 is 1.72 bits per heavy atom. The lowest BCUT2D eigenvalue weighted by Crippen LogP contribution is -2.01. The number of benzene rings is 2. The van der Waals surface area contributed by atoms with E-state index in [0.717, 1.165) is 15.3 Å².